The predicted octanol–water partition coefficient (Wildman–Crippen LogP) is 4.06. The van der Waals surface area contributed by atoms with Crippen LogP contribution in [0.2, 0.25) is 0 Å². The van der Waals surface area contributed by atoms with Gasteiger partial charge in [-0.3, -0.25) is 4.79 Å². The third kappa shape index (κ3) is 4.45. The van der Waals surface area contributed by atoms with Crippen molar-refractivity contribution in [1.29, 1.82) is 0 Å². The zero-order chi connectivity index (χ0) is 16.8. The van der Waals surface area contributed by atoms with Gasteiger partial charge in [-0.15, -0.1) is 11.3 Å². The third-order valence-corrected chi connectivity index (χ3v) is 5.21. The number of rotatable bonds is 6. The van der Waals surface area contributed by atoms with Crippen LogP contribution in [0.3, 0.4) is 0 Å². The number of ether oxygens (including phenoxy) is 1. The lowest BCUT2D eigenvalue weighted by atomic mass is 9.97. The molecule has 0 spiro atoms. The number of fused-ring (bicyclic) bond motifs is 1. The van der Waals surface area contributed by atoms with Crippen LogP contribution in [0.15, 0.2) is 42.0 Å². The number of esters is 1. The second kappa shape index (κ2) is 8.11. The third-order valence-electron chi connectivity index (χ3n) is 4.11. The number of benzene rings is 1. The van der Waals surface area contributed by atoms with Gasteiger partial charge in [0.25, 0.3) is 5.91 Å². The van der Waals surface area contributed by atoms with Crippen LogP contribution in [0.25, 0.3) is 10.1 Å². The van der Waals surface area contributed by atoms with Gasteiger partial charge in [0.05, 0.1) is 0 Å². The molecule has 1 aromatic heterocycles. The molecule has 126 valence electrons. The van der Waals surface area contributed by atoms with Gasteiger partial charge >= 0.3 is 5.97 Å². The fourth-order valence-electron chi connectivity index (χ4n) is 2.83. The van der Waals surface area contributed by atoms with Gasteiger partial charge < -0.3 is 10.1 Å². The first kappa shape index (κ1) is 16.7. The van der Waals surface area contributed by atoms with Gasteiger partial charge in [-0.2, -0.15) is 0 Å². The average Bonchev–Trinajstić information content (AvgIpc) is 3.05. The fourth-order valence-corrected chi connectivity index (χ4v) is 3.79. The minimum Gasteiger partial charge on any atom is -0.451 e. The van der Waals surface area contributed by atoms with Crippen LogP contribution in [0.1, 0.15) is 41.8 Å². The van der Waals surface area contributed by atoms with Crippen molar-refractivity contribution in [3.05, 3.63) is 46.9 Å². The summed E-state index contributed by atoms with van der Waals surface area (Å²) < 4.78 is 6.14. The summed E-state index contributed by atoms with van der Waals surface area (Å²) in [6.45, 7) is 0.372. The molecule has 1 amide bonds. The van der Waals surface area contributed by atoms with E-state index in [2.05, 4.69) is 11.4 Å². The average molecular weight is 343 g/mol. The Morgan fingerprint density at radius 1 is 1.21 bits per heavy atom. The highest BCUT2D eigenvalue weighted by Gasteiger charge is 2.13. The summed E-state index contributed by atoms with van der Waals surface area (Å²) in [6, 6.07) is 9.58. The molecule has 0 aliphatic heterocycles. The highest BCUT2D eigenvalue weighted by molar-refractivity contribution is 7.20. The van der Waals surface area contributed by atoms with E-state index in [-0.39, 0.29) is 12.5 Å². The Balaban J connectivity index is 1.42. The predicted molar refractivity (Wildman–Crippen MR) is 96.3 cm³/mol. The van der Waals surface area contributed by atoms with Gasteiger partial charge in [-0.25, -0.2) is 4.79 Å². The van der Waals surface area contributed by atoms with Crippen molar-refractivity contribution < 1.29 is 14.3 Å². The molecular formula is C19H21NO3S. The molecule has 0 bridgehead atoms. The number of allylic oxidation sites excluding steroid dienone is 1. The van der Waals surface area contributed by atoms with Crippen LogP contribution in [0, 0.1) is 0 Å². The molecule has 5 heteroatoms. The lowest BCUT2D eigenvalue weighted by Gasteiger charge is -2.12. The minimum absolute atomic E-state index is 0.230. The molecule has 1 N–H and O–H groups in total. The number of hydrogen-bond donors (Lipinski definition) is 1. The zero-order valence-corrected chi connectivity index (χ0v) is 14.4. The normalized spacial score (nSPS) is 14.2. The molecular weight excluding hydrogens is 322 g/mol. The Kier molecular flexibility index (Phi) is 5.64. The quantitative estimate of drug-likeness (QED) is 0.635. The van der Waals surface area contributed by atoms with E-state index in [1.807, 2.05) is 24.3 Å². The Hall–Kier alpha value is -2.14. The molecule has 0 unspecified atom stereocenters. The first-order chi connectivity index (χ1) is 11.7. The van der Waals surface area contributed by atoms with E-state index in [1.54, 1.807) is 6.07 Å². The second-order valence-electron chi connectivity index (χ2n) is 5.93. The van der Waals surface area contributed by atoms with E-state index < -0.39 is 5.97 Å². The maximum Gasteiger partial charge on any atom is 0.348 e. The van der Waals surface area contributed by atoms with Crippen LogP contribution < -0.4 is 5.32 Å². The van der Waals surface area contributed by atoms with Crippen molar-refractivity contribution >= 4 is 33.3 Å². The number of amides is 1. The van der Waals surface area contributed by atoms with E-state index in [1.165, 1.54) is 29.8 Å². The molecule has 24 heavy (non-hydrogen) atoms. The first-order valence-electron chi connectivity index (χ1n) is 8.33. The number of carbonyl (C=O) groups excluding carboxylic acids is 2. The van der Waals surface area contributed by atoms with Crippen molar-refractivity contribution in [3.63, 3.8) is 0 Å². The van der Waals surface area contributed by atoms with Crippen molar-refractivity contribution in [2.45, 2.75) is 32.1 Å². The summed E-state index contributed by atoms with van der Waals surface area (Å²) in [5.41, 5.74) is 1.42. The maximum absolute atomic E-state index is 12.0. The monoisotopic (exact) mass is 343 g/mol. The molecule has 1 aliphatic rings. The van der Waals surface area contributed by atoms with E-state index in [9.17, 15) is 9.59 Å². The highest BCUT2D eigenvalue weighted by Crippen LogP contribution is 2.25. The van der Waals surface area contributed by atoms with Crippen LogP contribution >= 0.6 is 11.3 Å². The van der Waals surface area contributed by atoms with E-state index in [0.29, 0.717) is 11.4 Å². The fraction of sp³-hybridized carbons (Fsp3) is 0.368. The molecule has 2 aromatic rings. The largest absolute Gasteiger partial charge is 0.451 e. The van der Waals surface area contributed by atoms with E-state index in [0.717, 1.165) is 29.3 Å². The van der Waals surface area contributed by atoms with Crippen LogP contribution in [0.4, 0.5) is 0 Å². The first-order valence-corrected chi connectivity index (χ1v) is 9.14. The van der Waals surface area contributed by atoms with Gasteiger partial charge in [-0.1, -0.05) is 29.8 Å². The molecule has 1 aromatic carbocycles. The topological polar surface area (TPSA) is 55.4 Å². The summed E-state index contributed by atoms with van der Waals surface area (Å²) in [6.07, 6.45) is 7.95. The minimum atomic E-state index is -0.443. The lowest BCUT2D eigenvalue weighted by Crippen LogP contribution is -2.29. The summed E-state index contributed by atoms with van der Waals surface area (Å²) in [7, 11) is 0. The highest BCUT2D eigenvalue weighted by atomic mass is 32.1. The molecule has 0 radical (unpaired) electrons. The SMILES string of the molecule is O=C(COC(=O)c1cc2ccccc2s1)NCCC1=CCCCC1. The van der Waals surface area contributed by atoms with Gasteiger partial charge in [0.15, 0.2) is 6.61 Å². The lowest BCUT2D eigenvalue weighted by molar-refractivity contribution is -0.124. The van der Waals surface area contributed by atoms with E-state index >= 15 is 0 Å². The van der Waals surface area contributed by atoms with Gasteiger partial charge in [0.2, 0.25) is 0 Å². The van der Waals surface area contributed by atoms with Gasteiger partial charge in [0, 0.05) is 11.2 Å². The summed E-state index contributed by atoms with van der Waals surface area (Å²) in [5.74, 6) is -0.692. The molecule has 0 atom stereocenters. The van der Waals surface area contributed by atoms with E-state index in [4.69, 9.17) is 4.74 Å². The molecule has 0 saturated carbocycles. The molecule has 3 rings (SSSR count). The zero-order valence-electron chi connectivity index (χ0n) is 13.5. The molecule has 1 heterocycles. The maximum atomic E-state index is 12.0. The smallest absolute Gasteiger partial charge is 0.348 e. The Morgan fingerprint density at radius 2 is 2.08 bits per heavy atom. The number of thiophene rings is 1. The van der Waals surface area contributed by atoms with Crippen molar-refractivity contribution in [2.75, 3.05) is 13.2 Å². The van der Waals surface area contributed by atoms with Crippen LogP contribution in [-0.4, -0.2) is 25.0 Å². The van der Waals surface area contributed by atoms with Crippen molar-refractivity contribution in [2.24, 2.45) is 0 Å². The Bertz CT molecular complexity index is 730. The van der Waals surface area contributed by atoms with Gasteiger partial charge in [0.1, 0.15) is 4.88 Å². The second-order valence-corrected chi connectivity index (χ2v) is 7.02. The molecule has 1 aliphatic carbocycles. The standard InChI is InChI=1S/C19H21NO3S/c21-18(20-11-10-14-6-2-1-3-7-14)13-23-19(22)17-12-15-8-4-5-9-16(15)24-17/h4-6,8-9,12H,1-3,7,10-11,13H2,(H,20,21). The molecule has 4 nitrogen and oxygen atoms in total. The van der Waals surface area contributed by atoms with Gasteiger partial charge in [-0.05, 0) is 49.6 Å². The number of hydrogen-bond acceptors (Lipinski definition) is 4. The Morgan fingerprint density at radius 3 is 2.88 bits per heavy atom. The van der Waals surface area contributed by atoms with Crippen LogP contribution in [-0.2, 0) is 9.53 Å². The van der Waals surface area contributed by atoms with Crippen LogP contribution in [0.5, 0.6) is 0 Å². The van der Waals surface area contributed by atoms with Crippen molar-refractivity contribution in [3.8, 4) is 0 Å². The Labute approximate surface area is 145 Å². The summed E-state index contributed by atoms with van der Waals surface area (Å²) >= 11 is 1.38. The van der Waals surface area contributed by atoms with Crippen molar-refractivity contribution in [1.82, 2.24) is 5.32 Å². The number of nitrogens with one attached hydrogen (secondary N) is 1. The molecule has 0 fully saturated rings. The molecule has 0 saturated heterocycles. The summed E-state index contributed by atoms with van der Waals surface area (Å²) in [5, 5.41) is 3.82. The number of carbonyl (C=O) groups is 2. The summed E-state index contributed by atoms with van der Waals surface area (Å²) in [4.78, 5) is 24.4.